The Morgan fingerprint density at radius 3 is 2.82 bits per heavy atom. The summed E-state index contributed by atoms with van der Waals surface area (Å²) in [5.41, 5.74) is 3.14. The maximum absolute atomic E-state index is 11.0. The number of ether oxygens (including phenoxy) is 1. The number of aromatic nitrogens is 2. The first-order valence-corrected chi connectivity index (χ1v) is 5.44. The molecule has 1 heterocycles. The summed E-state index contributed by atoms with van der Waals surface area (Å²) in [6.07, 6.45) is 7.74. The van der Waals surface area contributed by atoms with E-state index in [1.165, 1.54) is 18.8 Å². The molecule has 0 aromatic carbocycles. The van der Waals surface area contributed by atoms with Gasteiger partial charge in [-0.2, -0.15) is 0 Å². The van der Waals surface area contributed by atoms with Crippen molar-refractivity contribution >= 4 is 12.0 Å². The van der Waals surface area contributed by atoms with E-state index >= 15 is 0 Å². The van der Waals surface area contributed by atoms with E-state index in [0.717, 1.165) is 17.8 Å². The number of carbonyl (C=O) groups excluding carboxylic acids is 1. The number of imidazole rings is 1. The molecule has 1 aromatic heterocycles. The molecule has 1 aromatic rings. The lowest BCUT2D eigenvalue weighted by molar-refractivity contribution is -0.134. The van der Waals surface area contributed by atoms with Crippen LogP contribution in [0.1, 0.15) is 25.2 Å². The van der Waals surface area contributed by atoms with Gasteiger partial charge in [0.1, 0.15) is 0 Å². The van der Waals surface area contributed by atoms with Crippen molar-refractivity contribution < 1.29 is 9.53 Å². The highest BCUT2D eigenvalue weighted by Crippen LogP contribution is 2.11. The number of hydrogen-bond donors (Lipinski definition) is 0. The Kier molecular flexibility index (Phi) is 4.69. The van der Waals surface area contributed by atoms with Crippen LogP contribution in [0.3, 0.4) is 0 Å². The van der Waals surface area contributed by atoms with E-state index in [1.807, 2.05) is 11.6 Å². The van der Waals surface area contributed by atoms with Crippen LogP contribution < -0.4 is 0 Å². The van der Waals surface area contributed by atoms with Crippen molar-refractivity contribution in [3.8, 4) is 0 Å². The molecule has 0 atom stereocenters. The van der Waals surface area contributed by atoms with Gasteiger partial charge in [-0.25, -0.2) is 9.78 Å². The Morgan fingerprint density at radius 2 is 2.24 bits per heavy atom. The summed E-state index contributed by atoms with van der Waals surface area (Å²) in [6.45, 7) is 4.11. The molecule has 0 fully saturated rings. The molecular weight excluding hydrogens is 216 g/mol. The Morgan fingerprint density at radius 1 is 1.53 bits per heavy atom. The molecule has 0 saturated heterocycles. The summed E-state index contributed by atoms with van der Waals surface area (Å²) in [4.78, 5) is 15.3. The molecule has 1 rings (SSSR count). The fourth-order valence-electron chi connectivity index (χ4n) is 1.38. The Balaban J connectivity index is 2.90. The fourth-order valence-corrected chi connectivity index (χ4v) is 1.38. The lowest BCUT2D eigenvalue weighted by atomic mass is 10.2. The minimum Gasteiger partial charge on any atom is -0.466 e. The van der Waals surface area contributed by atoms with Gasteiger partial charge in [-0.15, -0.1) is 0 Å². The van der Waals surface area contributed by atoms with Gasteiger partial charge in [0.15, 0.2) is 0 Å². The van der Waals surface area contributed by atoms with Gasteiger partial charge in [-0.05, 0) is 19.9 Å². The van der Waals surface area contributed by atoms with Gasteiger partial charge < -0.3 is 9.30 Å². The predicted molar refractivity (Wildman–Crippen MR) is 67.4 cm³/mol. The van der Waals surface area contributed by atoms with Crippen LogP contribution in [0.25, 0.3) is 6.08 Å². The highest BCUT2D eigenvalue weighted by Gasteiger charge is 2.05. The largest absolute Gasteiger partial charge is 0.466 e. The van der Waals surface area contributed by atoms with E-state index in [1.54, 1.807) is 12.4 Å². The van der Waals surface area contributed by atoms with Gasteiger partial charge >= 0.3 is 5.97 Å². The number of allylic oxidation sites excluding steroid dienone is 2. The molecule has 17 heavy (non-hydrogen) atoms. The molecule has 0 unspecified atom stereocenters. The summed E-state index contributed by atoms with van der Waals surface area (Å²) in [7, 11) is 3.30. The smallest absolute Gasteiger partial charge is 0.330 e. The minimum absolute atomic E-state index is 0.371. The number of nitrogens with zero attached hydrogens (tertiary/aromatic N) is 2. The molecule has 0 spiro atoms. The van der Waals surface area contributed by atoms with Crippen molar-refractivity contribution in [2.24, 2.45) is 7.05 Å². The molecule has 0 saturated carbocycles. The molecule has 0 aliphatic carbocycles. The molecule has 0 N–H and O–H groups in total. The van der Waals surface area contributed by atoms with Gasteiger partial charge in [0.25, 0.3) is 0 Å². The third-order valence-corrected chi connectivity index (χ3v) is 2.37. The van der Waals surface area contributed by atoms with Gasteiger partial charge in [0.2, 0.25) is 0 Å². The lowest BCUT2D eigenvalue weighted by Crippen LogP contribution is -1.97. The monoisotopic (exact) mass is 234 g/mol. The normalized spacial score (nSPS) is 10.6. The number of hydrogen-bond acceptors (Lipinski definition) is 3. The summed E-state index contributed by atoms with van der Waals surface area (Å²) in [6, 6.07) is 0. The third kappa shape index (κ3) is 3.90. The van der Waals surface area contributed by atoms with Crippen LogP contribution in [0, 0.1) is 0 Å². The van der Waals surface area contributed by atoms with Gasteiger partial charge in [0, 0.05) is 25.2 Å². The molecule has 0 aliphatic heterocycles. The zero-order valence-corrected chi connectivity index (χ0v) is 10.7. The molecule has 0 aliphatic rings. The summed E-state index contributed by atoms with van der Waals surface area (Å²) < 4.78 is 6.50. The number of esters is 1. The second-order valence-corrected chi connectivity index (χ2v) is 4.03. The van der Waals surface area contributed by atoms with Crippen LogP contribution in [0.4, 0.5) is 0 Å². The van der Waals surface area contributed by atoms with E-state index in [-0.39, 0.29) is 5.97 Å². The van der Waals surface area contributed by atoms with Gasteiger partial charge in [-0.1, -0.05) is 11.6 Å². The maximum atomic E-state index is 11.0. The highest BCUT2D eigenvalue weighted by molar-refractivity contribution is 5.86. The van der Waals surface area contributed by atoms with Crippen molar-refractivity contribution in [3.63, 3.8) is 0 Å². The summed E-state index contributed by atoms with van der Waals surface area (Å²) >= 11 is 0. The summed E-state index contributed by atoms with van der Waals surface area (Å²) in [5.74, 6) is -0.371. The van der Waals surface area contributed by atoms with Gasteiger partial charge in [-0.3, -0.25) is 0 Å². The first kappa shape index (κ1) is 13.2. The lowest BCUT2D eigenvalue weighted by Gasteiger charge is -2.00. The zero-order chi connectivity index (χ0) is 12.8. The first-order valence-electron chi connectivity index (χ1n) is 5.44. The third-order valence-electron chi connectivity index (χ3n) is 2.37. The first-order chi connectivity index (χ1) is 8.04. The number of rotatable bonds is 4. The average Bonchev–Trinajstić information content (AvgIpc) is 2.64. The minimum atomic E-state index is -0.371. The maximum Gasteiger partial charge on any atom is 0.330 e. The van der Waals surface area contributed by atoms with E-state index in [9.17, 15) is 4.79 Å². The van der Waals surface area contributed by atoms with Crippen LogP contribution in [-0.4, -0.2) is 22.6 Å². The van der Waals surface area contributed by atoms with Crippen LogP contribution >= 0.6 is 0 Å². The SMILES string of the molecule is COC(=O)C=Cc1ncn(C)c1CC=C(C)C. The molecule has 92 valence electrons. The second kappa shape index (κ2) is 6.03. The highest BCUT2D eigenvalue weighted by atomic mass is 16.5. The van der Waals surface area contributed by atoms with E-state index in [2.05, 4.69) is 29.6 Å². The topological polar surface area (TPSA) is 44.1 Å². The van der Waals surface area contributed by atoms with Crippen molar-refractivity contribution in [1.82, 2.24) is 9.55 Å². The molecule has 0 bridgehead atoms. The summed E-state index contributed by atoms with van der Waals surface area (Å²) in [5, 5.41) is 0. The average molecular weight is 234 g/mol. The standard InChI is InChI=1S/C13H18N2O2/c1-10(2)5-7-12-11(14-9-15(12)3)6-8-13(16)17-4/h5-6,8-9H,7H2,1-4H3. The number of methoxy groups -OCH3 is 1. The number of aryl methyl sites for hydroxylation is 1. The fraction of sp³-hybridized carbons (Fsp3) is 0.385. The molecule has 4 heteroatoms. The van der Waals surface area contributed by atoms with Crippen LogP contribution in [0.5, 0.6) is 0 Å². The quantitative estimate of drug-likeness (QED) is 0.455. The second-order valence-electron chi connectivity index (χ2n) is 4.03. The molecule has 0 radical (unpaired) electrons. The van der Waals surface area contributed by atoms with Crippen LogP contribution in [0.2, 0.25) is 0 Å². The van der Waals surface area contributed by atoms with Crippen molar-refractivity contribution in [2.45, 2.75) is 20.3 Å². The predicted octanol–water partition coefficient (Wildman–Crippen LogP) is 2.12. The van der Waals surface area contributed by atoms with E-state index < -0.39 is 0 Å². The Hall–Kier alpha value is -1.84. The van der Waals surface area contributed by atoms with Crippen LogP contribution in [-0.2, 0) is 23.0 Å². The Bertz CT molecular complexity index is 452. The van der Waals surface area contributed by atoms with Crippen molar-refractivity contribution in [3.05, 3.63) is 35.4 Å². The molecular formula is C13H18N2O2. The van der Waals surface area contributed by atoms with Gasteiger partial charge in [0.05, 0.1) is 19.1 Å². The number of carbonyl (C=O) groups is 1. The zero-order valence-electron chi connectivity index (χ0n) is 10.7. The molecule has 0 amide bonds. The van der Waals surface area contributed by atoms with E-state index in [4.69, 9.17) is 0 Å². The van der Waals surface area contributed by atoms with Crippen molar-refractivity contribution in [2.75, 3.05) is 7.11 Å². The molecule has 4 nitrogen and oxygen atoms in total. The Labute approximate surface area is 102 Å². The van der Waals surface area contributed by atoms with Crippen molar-refractivity contribution in [1.29, 1.82) is 0 Å². The van der Waals surface area contributed by atoms with Crippen LogP contribution in [0.15, 0.2) is 24.1 Å². The van der Waals surface area contributed by atoms with E-state index in [0.29, 0.717) is 0 Å².